The Morgan fingerprint density at radius 2 is 1.00 bits per heavy atom. The maximum atomic E-state index is 2.48. The first-order chi connectivity index (χ1) is 15.9. The van der Waals surface area contributed by atoms with Crippen LogP contribution in [0.4, 0.5) is 11.4 Å². The van der Waals surface area contributed by atoms with Gasteiger partial charge in [-0.1, -0.05) is 98.8 Å². The molecular formula is C32H31N. The molecule has 0 unspecified atom stereocenters. The van der Waals surface area contributed by atoms with Gasteiger partial charge in [0.15, 0.2) is 0 Å². The number of hydrogen-bond donors (Lipinski definition) is 0. The Kier molecular flexibility index (Phi) is 5.42. The molecule has 33 heavy (non-hydrogen) atoms. The summed E-state index contributed by atoms with van der Waals surface area (Å²) in [6.07, 6.45) is 0. The number of hydrogen-bond acceptors (Lipinski definition) is 1. The molecule has 5 rings (SSSR count). The molecule has 0 saturated heterocycles. The van der Waals surface area contributed by atoms with Crippen molar-refractivity contribution < 1.29 is 0 Å². The van der Waals surface area contributed by atoms with Crippen LogP contribution >= 0.6 is 0 Å². The molecule has 0 aliphatic rings. The smallest absolute Gasteiger partial charge is 0.0646 e. The molecule has 0 bridgehead atoms. The summed E-state index contributed by atoms with van der Waals surface area (Å²) in [5, 5.41) is 5.04. The van der Waals surface area contributed by atoms with Gasteiger partial charge >= 0.3 is 0 Å². The SMILES string of the molecule is CC(C)c1ccc(C(C)(C)N(c2ccc3ccccc3c2)c2ccc3ccccc3c2)cc1. The molecule has 0 aliphatic heterocycles. The third kappa shape index (κ3) is 4.00. The van der Waals surface area contributed by atoms with Crippen LogP contribution in [-0.4, -0.2) is 0 Å². The minimum atomic E-state index is -0.250. The Morgan fingerprint density at radius 1 is 0.545 bits per heavy atom. The van der Waals surface area contributed by atoms with Gasteiger partial charge in [0.1, 0.15) is 0 Å². The van der Waals surface area contributed by atoms with Crippen molar-refractivity contribution in [1.29, 1.82) is 0 Å². The first kappa shape index (κ1) is 21.3. The highest BCUT2D eigenvalue weighted by Crippen LogP contribution is 2.41. The molecule has 0 aliphatic carbocycles. The van der Waals surface area contributed by atoms with Crippen LogP contribution < -0.4 is 4.90 Å². The highest BCUT2D eigenvalue weighted by atomic mass is 15.2. The molecule has 164 valence electrons. The Bertz CT molecular complexity index is 1330. The molecule has 1 heteroatoms. The highest BCUT2D eigenvalue weighted by molar-refractivity contribution is 5.90. The fraction of sp³-hybridized carbons (Fsp3) is 0.188. The molecule has 0 heterocycles. The maximum Gasteiger partial charge on any atom is 0.0646 e. The van der Waals surface area contributed by atoms with Crippen molar-refractivity contribution in [3.8, 4) is 0 Å². The highest BCUT2D eigenvalue weighted by Gasteiger charge is 2.31. The van der Waals surface area contributed by atoms with E-state index in [1.807, 2.05) is 0 Å². The molecule has 0 atom stereocenters. The van der Waals surface area contributed by atoms with Gasteiger partial charge in [-0.15, -0.1) is 0 Å². The predicted octanol–water partition coefficient (Wildman–Crippen LogP) is 9.19. The molecule has 0 amide bonds. The van der Waals surface area contributed by atoms with Gasteiger partial charge in [0.2, 0.25) is 0 Å². The summed E-state index contributed by atoms with van der Waals surface area (Å²) in [5.74, 6) is 0.527. The standard InChI is InChI=1S/C32H31N/c1-23(2)24-13-17-29(18-14-24)32(3,4)33(30-19-15-25-9-5-7-11-27(25)21-30)31-20-16-26-10-6-8-12-28(26)22-31/h5-23H,1-4H3. The third-order valence-corrected chi connectivity index (χ3v) is 6.83. The van der Waals surface area contributed by atoms with Crippen LogP contribution in [0.5, 0.6) is 0 Å². The van der Waals surface area contributed by atoms with Crippen LogP contribution in [-0.2, 0) is 5.54 Å². The summed E-state index contributed by atoms with van der Waals surface area (Å²) >= 11 is 0. The van der Waals surface area contributed by atoms with Crippen LogP contribution in [0.1, 0.15) is 44.7 Å². The molecule has 5 aromatic rings. The fourth-order valence-electron chi connectivity index (χ4n) is 4.83. The Morgan fingerprint density at radius 3 is 1.45 bits per heavy atom. The van der Waals surface area contributed by atoms with Gasteiger partial charge in [-0.25, -0.2) is 0 Å². The van der Waals surface area contributed by atoms with E-state index in [9.17, 15) is 0 Å². The zero-order valence-corrected chi connectivity index (χ0v) is 19.9. The van der Waals surface area contributed by atoms with Crippen molar-refractivity contribution in [3.05, 3.63) is 120 Å². The van der Waals surface area contributed by atoms with Gasteiger partial charge in [0.25, 0.3) is 0 Å². The summed E-state index contributed by atoms with van der Waals surface area (Å²) in [4.78, 5) is 2.48. The van der Waals surface area contributed by atoms with E-state index in [-0.39, 0.29) is 5.54 Å². The van der Waals surface area contributed by atoms with E-state index in [0.717, 1.165) is 0 Å². The van der Waals surface area contributed by atoms with Crippen molar-refractivity contribution in [2.24, 2.45) is 0 Å². The van der Waals surface area contributed by atoms with Crippen molar-refractivity contribution in [3.63, 3.8) is 0 Å². The molecule has 5 aromatic carbocycles. The van der Waals surface area contributed by atoms with Gasteiger partial charge in [0, 0.05) is 11.4 Å². The average Bonchev–Trinajstić information content (AvgIpc) is 2.84. The summed E-state index contributed by atoms with van der Waals surface area (Å²) in [6, 6.07) is 39.9. The monoisotopic (exact) mass is 429 g/mol. The summed E-state index contributed by atoms with van der Waals surface area (Å²) < 4.78 is 0. The largest absolute Gasteiger partial charge is 0.332 e. The molecule has 0 radical (unpaired) electrons. The van der Waals surface area contributed by atoms with E-state index in [4.69, 9.17) is 0 Å². The van der Waals surface area contributed by atoms with Gasteiger partial charge in [0.05, 0.1) is 5.54 Å². The first-order valence-electron chi connectivity index (χ1n) is 11.8. The van der Waals surface area contributed by atoms with Crippen LogP contribution in [0.2, 0.25) is 0 Å². The zero-order chi connectivity index (χ0) is 23.0. The van der Waals surface area contributed by atoms with Gasteiger partial charge in [-0.2, -0.15) is 0 Å². The topological polar surface area (TPSA) is 3.24 Å². The van der Waals surface area contributed by atoms with Gasteiger partial charge in [-0.3, -0.25) is 0 Å². The van der Waals surface area contributed by atoms with Crippen molar-refractivity contribution in [2.45, 2.75) is 39.2 Å². The molecule has 0 fully saturated rings. The second-order valence-corrected chi connectivity index (χ2v) is 9.73. The lowest BCUT2D eigenvalue weighted by atomic mass is 9.88. The van der Waals surface area contributed by atoms with Crippen molar-refractivity contribution in [1.82, 2.24) is 0 Å². The van der Waals surface area contributed by atoms with Gasteiger partial charge < -0.3 is 4.90 Å². The summed E-state index contributed by atoms with van der Waals surface area (Å²) in [6.45, 7) is 9.14. The third-order valence-electron chi connectivity index (χ3n) is 6.83. The zero-order valence-electron chi connectivity index (χ0n) is 19.9. The maximum absolute atomic E-state index is 2.48. The second kappa shape index (κ2) is 8.41. The minimum absolute atomic E-state index is 0.250. The van der Waals surface area contributed by atoms with E-state index in [1.54, 1.807) is 0 Å². The Hall–Kier alpha value is -3.58. The quantitative estimate of drug-likeness (QED) is 0.269. The molecular weight excluding hydrogens is 398 g/mol. The van der Waals surface area contributed by atoms with Crippen molar-refractivity contribution in [2.75, 3.05) is 4.90 Å². The van der Waals surface area contributed by atoms with E-state index < -0.39 is 0 Å². The number of rotatable bonds is 5. The van der Waals surface area contributed by atoms with Gasteiger partial charge in [-0.05, 0) is 76.7 Å². The Balaban J connectivity index is 1.69. The van der Waals surface area contributed by atoms with E-state index in [0.29, 0.717) is 5.92 Å². The molecule has 0 N–H and O–H groups in total. The van der Waals surface area contributed by atoms with Crippen molar-refractivity contribution >= 4 is 32.9 Å². The first-order valence-corrected chi connectivity index (χ1v) is 11.8. The van der Waals surface area contributed by atoms with Crippen LogP contribution in [0, 0.1) is 0 Å². The molecule has 0 aromatic heterocycles. The van der Waals surface area contributed by atoms with E-state index >= 15 is 0 Å². The predicted molar refractivity (Wildman–Crippen MR) is 144 cm³/mol. The lowest BCUT2D eigenvalue weighted by Gasteiger charge is -2.41. The minimum Gasteiger partial charge on any atom is -0.332 e. The lowest BCUT2D eigenvalue weighted by molar-refractivity contribution is 0.536. The lowest BCUT2D eigenvalue weighted by Crippen LogP contribution is -2.38. The number of nitrogens with zero attached hydrogens (tertiary/aromatic N) is 1. The molecule has 0 spiro atoms. The Labute approximate surface area is 197 Å². The number of anilines is 2. The summed E-state index contributed by atoms with van der Waals surface area (Å²) in [7, 11) is 0. The van der Waals surface area contributed by atoms with E-state index in [1.165, 1.54) is 44.0 Å². The normalized spacial score (nSPS) is 11.9. The van der Waals surface area contributed by atoms with Crippen LogP contribution in [0.25, 0.3) is 21.5 Å². The van der Waals surface area contributed by atoms with Crippen LogP contribution in [0.3, 0.4) is 0 Å². The molecule has 0 saturated carbocycles. The average molecular weight is 430 g/mol. The van der Waals surface area contributed by atoms with Crippen LogP contribution in [0.15, 0.2) is 109 Å². The van der Waals surface area contributed by atoms with E-state index in [2.05, 4.69) is 142 Å². The second-order valence-electron chi connectivity index (χ2n) is 9.73. The fourth-order valence-corrected chi connectivity index (χ4v) is 4.83. The number of benzene rings is 5. The summed E-state index contributed by atoms with van der Waals surface area (Å²) in [5.41, 5.74) is 4.81. The molecule has 1 nitrogen and oxygen atoms in total. The number of fused-ring (bicyclic) bond motifs is 2.